The molecule has 1 aliphatic heterocycles. The molecule has 1 saturated heterocycles. The Morgan fingerprint density at radius 1 is 1.17 bits per heavy atom. The third-order valence-corrected chi connectivity index (χ3v) is 7.55. The topological polar surface area (TPSA) is 170 Å². The molecule has 42 heavy (non-hydrogen) atoms. The zero-order chi connectivity index (χ0) is 30.3. The molecule has 0 saturated carbocycles. The Bertz CT molecular complexity index is 1520. The van der Waals surface area contributed by atoms with Crippen LogP contribution < -0.4 is 16.1 Å². The van der Waals surface area contributed by atoms with Gasteiger partial charge in [0.05, 0.1) is 0 Å². The van der Waals surface area contributed by atoms with Gasteiger partial charge in [-0.05, 0) is 35.3 Å². The molecule has 4 rings (SSSR count). The van der Waals surface area contributed by atoms with Gasteiger partial charge in [0.1, 0.15) is 35.9 Å². The molecule has 222 valence electrons. The van der Waals surface area contributed by atoms with Crippen molar-refractivity contribution in [2.45, 2.75) is 43.6 Å². The molecule has 0 spiro atoms. The van der Waals surface area contributed by atoms with E-state index in [4.69, 9.17) is 30.4 Å². The monoisotopic (exact) mass is 620 g/mol. The van der Waals surface area contributed by atoms with Gasteiger partial charge >= 0.3 is 19.8 Å². The average molecular weight is 621 g/mol. The lowest BCUT2D eigenvalue weighted by molar-refractivity contribution is -0.156. The fraction of sp³-hybridized carbons (Fsp3) is 0.296. The number of aromatic nitrogens is 2. The molecule has 6 atom stereocenters. The molecule has 0 bridgehead atoms. The van der Waals surface area contributed by atoms with E-state index in [0.717, 1.165) is 38.8 Å². The summed E-state index contributed by atoms with van der Waals surface area (Å²) in [6.07, 6.45) is -2.64. The summed E-state index contributed by atoms with van der Waals surface area (Å²) >= 11 is 5.80. The number of nitrogens with zero attached hydrogens (tertiary/aromatic N) is 2. The number of nitrogens with one attached hydrogen (secondary N) is 1. The standard InChI is InChI=1S/C27H27ClN3O10P/c1-18(25(35)38-16-19-8-4-2-5-9-19)31(41-20-10-6-3-7-11-20)42(37)39-17-27(13-14-28)23(34)22(33)24(40-27)30-15-12-21(32)29-26(30)36/h2-15,18,22-24,33-34H,16-17H2,1H3/p+1/b14-13-/t18?,22-,23+,24-,27-/m1/s1. The van der Waals surface area contributed by atoms with Crippen LogP contribution in [0.15, 0.2) is 94.1 Å². The first-order valence-electron chi connectivity index (χ1n) is 12.6. The number of halogens is 1. The number of H-pyrrole nitrogens is 1. The number of hydrogen-bond acceptors (Lipinski definition) is 10. The maximum atomic E-state index is 13.5. The van der Waals surface area contributed by atoms with Gasteiger partial charge in [-0.25, -0.2) is 4.79 Å². The van der Waals surface area contributed by atoms with Gasteiger partial charge in [-0.1, -0.05) is 60.1 Å². The van der Waals surface area contributed by atoms with E-state index in [-0.39, 0.29) is 12.4 Å². The van der Waals surface area contributed by atoms with Crippen molar-refractivity contribution in [3.63, 3.8) is 0 Å². The molecule has 1 aliphatic rings. The van der Waals surface area contributed by atoms with Crippen molar-refractivity contribution in [1.82, 2.24) is 14.4 Å². The second kappa shape index (κ2) is 14.0. The minimum atomic E-state index is -2.98. The second-order valence-electron chi connectivity index (χ2n) is 9.20. The largest absolute Gasteiger partial charge is 0.653 e. The molecule has 0 radical (unpaired) electrons. The summed E-state index contributed by atoms with van der Waals surface area (Å²) in [5, 5.41) is 21.6. The third kappa shape index (κ3) is 7.20. The number of para-hydroxylation sites is 1. The lowest BCUT2D eigenvalue weighted by Crippen LogP contribution is -2.45. The number of hydrogen-bond donors (Lipinski definition) is 3. The van der Waals surface area contributed by atoms with E-state index < -0.39 is 62.1 Å². The number of carbonyl (C=O) groups excluding carboxylic acids is 1. The third-order valence-electron chi connectivity index (χ3n) is 6.33. The fourth-order valence-electron chi connectivity index (χ4n) is 4.07. The Labute approximate surface area is 245 Å². The van der Waals surface area contributed by atoms with E-state index in [1.54, 1.807) is 54.6 Å². The van der Waals surface area contributed by atoms with Gasteiger partial charge in [0.15, 0.2) is 18.0 Å². The molecule has 1 aromatic heterocycles. The van der Waals surface area contributed by atoms with Crippen LogP contribution in [0.3, 0.4) is 0 Å². The van der Waals surface area contributed by atoms with Crippen molar-refractivity contribution in [3.05, 3.63) is 111 Å². The molecule has 2 heterocycles. The number of aliphatic hydroxyl groups excluding tert-OH is 2. The predicted molar refractivity (Wildman–Crippen MR) is 149 cm³/mol. The molecule has 2 aromatic carbocycles. The molecule has 3 N–H and O–H groups in total. The maximum Gasteiger partial charge on any atom is 0.653 e. The first-order valence-corrected chi connectivity index (χ1v) is 14.2. The number of ether oxygens (including phenoxy) is 2. The Balaban J connectivity index is 1.53. The number of hydroxylamine groups is 1. The molecule has 15 heteroatoms. The van der Waals surface area contributed by atoms with E-state index >= 15 is 0 Å². The zero-order valence-electron chi connectivity index (χ0n) is 22.2. The van der Waals surface area contributed by atoms with Gasteiger partial charge < -0.3 is 24.5 Å². The zero-order valence-corrected chi connectivity index (χ0v) is 23.8. The van der Waals surface area contributed by atoms with Crippen LogP contribution in [0.25, 0.3) is 0 Å². The van der Waals surface area contributed by atoms with E-state index in [2.05, 4.69) is 0 Å². The Morgan fingerprint density at radius 3 is 2.48 bits per heavy atom. The SMILES string of the molecule is CC(C(=O)OCc1ccccc1)N(Oc1ccccc1)[P+](=O)OC[C@@]1(/C=C\Cl)O[C@@H](n2ccc(=O)[nH]c2=O)[C@H](O)[C@@H]1O. The minimum absolute atomic E-state index is 0.0338. The summed E-state index contributed by atoms with van der Waals surface area (Å²) in [5.41, 5.74) is -1.74. The first kappa shape index (κ1) is 31.3. The van der Waals surface area contributed by atoms with Crippen molar-refractivity contribution in [2.24, 2.45) is 0 Å². The van der Waals surface area contributed by atoms with Crippen LogP contribution >= 0.6 is 19.8 Å². The molecular weight excluding hydrogens is 593 g/mol. The summed E-state index contributed by atoms with van der Waals surface area (Å²) in [6.45, 7) is 0.706. The highest BCUT2D eigenvalue weighted by Gasteiger charge is 2.56. The molecular formula is C27H28ClN3O10P+. The summed E-state index contributed by atoms with van der Waals surface area (Å²) in [6, 6.07) is 17.0. The number of aliphatic hydroxyl groups is 2. The predicted octanol–water partition coefficient (Wildman–Crippen LogP) is 2.38. The van der Waals surface area contributed by atoms with Crippen molar-refractivity contribution < 1.29 is 38.4 Å². The first-order chi connectivity index (χ1) is 20.1. The quantitative estimate of drug-likeness (QED) is 0.154. The van der Waals surface area contributed by atoms with Crippen LogP contribution in [-0.4, -0.2) is 61.0 Å². The Morgan fingerprint density at radius 2 is 1.83 bits per heavy atom. The summed E-state index contributed by atoms with van der Waals surface area (Å²) < 4.78 is 31.1. The number of rotatable bonds is 12. The maximum absolute atomic E-state index is 13.5. The molecule has 13 nitrogen and oxygen atoms in total. The van der Waals surface area contributed by atoms with Crippen molar-refractivity contribution >= 4 is 25.7 Å². The lowest BCUT2D eigenvalue weighted by atomic mass is 9.96. The van der Waals surface area contributed by atoms with Crippen LogP contribution in [0.4, 0.5) is 0 Å². The van der Waals surface area contributed by atoms with Crippen molar-refractivity contribution in [1.29, 1.82) is 0 Å². The van der Waals surface area contributed by atoms with E-state index in [9.17, 15) is 29.2 Å². The summed E-state index contributed by atoms with van der Waals surface area (Å²) in [5.74, 6) is -0.519. The van der Waals surface area contributed by atoms with Gasteiger partial charge in [0, 0.05) is 17.8 Å². The lowest BCUT2D eigenvalue weighted by Gasteiger charge is -2.26. The van der Waals surface area contributed by atoms with Crippen LogP contribution in [0.1, 0.15) is 18.7 Å². The number of aromatic amines is 1. The summed E-state index contributed by atoms with van der Waals surface area (Å²) in [4.78, 5) is 45.3. The second-order valence-corrected chi connectivity index (χ2v) is 10.6. The van der Waals surface area contributed by atoms with E-state index in [1.807, 2.05) is 11.1 Å². The normalized spacial score (nSPS) is 23.2. The highest BCUT2D eigenvalue weighted by molar-refractivity contribution is 7.36. The van der Waals surface area contributed by atoms with Gasteiger partial charge in [-0.2, -0.15) is 0 Å². The highest BCUT2D eigenvalue weighted by atomic mass is 35.5. The van der Waals surface area contributed by atoms with Crippen molar-refractivity contribution in [3.8, 4) is 5.75 Å². The minimum Gasteiger partial charge on any atom is -0.459 e. The fourth-order valence-corrected chi connectivity index (χ4v) is 5.24. The number of carbonyl (C=O) groups is 1. The smallest absolute Gasteiger partial charge is 0.459 e. The molecule has 3 aromatic rings. The van der Waals surface area contributed by atoms with Gasteiger partial charge in [-0.3, -0.25) is 19.1 Å². The number of benzene rings is 2. The van der Waals surface area contributed by atoms with E-state index in [0.29, 0.717) is 0 Å². The molecule has 0 amide bonds. The Hall–Kier alpha value is -3.68. The molecule has 0 aliphatic carbocycles. The Kier molecular flexibility index (Phi) is 10.4. The van der Waals surface area contributed by atoms with Gasteiger partial charge in [0.25, 0.3) is 5.56 Å². The van der Waals surface area contributed by atoms with Crippen LogP contribution in [0.2, 0.25) is 0 Å². The number of esters is 1. The van der Waals surface area contributed by atoms with Crippen molar-refractivity contribution in [2.75, 3.05) is 6.61 Å². The highest BCUT2D eigenvalue weighted by Crippen LogP contribution is 2.41. The van der Waals surface area contributed by atoms with E-state index in [1.165, 1.54) is 6.92 Å². The van der Waals surface area contributed by atoms with Gasteiger partial charge in [-0.15, -0.1) is 4.52 Å². The van der Waals surface area contributed by atoms with Crippen LogP contribution in [0.5, 0.6) is 5.75 Å². The molecule has 2 unspecified atom stereocenters. The molecule has 1 fully saturated rings. The summed E-state index contributed by atoms with van der Waals surface area (Å²) in [7, 11) is -2.98. The van der Waals surface area contributed by atoms with Gasteiger partial charge in [0.2, 0.25) is 0 Å². The van der Waals surface area contributed by atoms with Crippen LogP contribution in [-0.2, 0) is 30.0 Å². The van der Waals surface area contributed by atoms with Crippen LogP contribution in [0, 0.1) is 0 Å². The average Bonchev–Trinajstić information content (AvgIpc) is 3.23.